The van der Waals surface area contributed by atoms with Crippen molar-refractivity contribution in [3.63, 3.8) is 0 Å². The quantitative estimate of drug-likeness (QED) is 0.677. The molecule has 1 saturated heterocycles. The van der Waals surface area contributed by atoms with E-state index in [1.165, 1.54) is 45.2 Å². The second kappa shape index (κ2) is 4.86. The third-order valence-electron chi connectivity index (χ3n) is 3.87. The maximum atomic E-state index is 2.71. The van der Waals surface area contributed by atoms with Gasteiger partial charge in [0.2, 0.25) is 0 Å². The molecule has 1 fully saturated rings. The van der Waals surface area contributed by atoms with Crippen molar-refractivity contribution in [1.29, 1.82) is 0 Å². The van der Waals surface area contributed by atoms with Gasteiger partial charge in [0.15, 0.2) is 0 Å². The number of piperidine rings is 1. The Morgan fingerprint density at radius 2 is 1.87 bits per heavy atom. The maximum absolute atomic E-state index is 2.71. The molecule has 0 bridgehead atoms. The van der Waals surface area contributed by atoms with E-state index in [4.69, 9.17) is 0 Å². The van der Waals surface area contributed by atoms with E-state index in [1.54, 1.807) is 0 Å². The topological polar surface area (TPSA) is 3.24 Å². The van der Waals surface area contributed by atoms with Gasteiger partial charge in [-0.1, -0.05) is 33.6 Å². The predicted octanol–water partition coefficient (Wildman–Crippen LogP) is 4.08. The molecule has 0 aromatic rings. The fourth-order valence-corrected chi connectivity index (χ4v) is 2.89. The first-order chi connectivity index (χ1) is 6.87. The molecule has 0 N–H and O–H groups in total. The second-order valence-corrected chi connectivity index (χ2v) is 6.61. The zero-order valence-corrected chi connectivity index (χ0v) is 11.4. The summed E-state index contributed by atoms with van der Waals surface area (Å²) in [5, 5.41) is 0. The molecule has 0 aromatic carbocycles. The van der Waals surface area contributed by atoms with Gasteiger partial charge in [0, 0.05) is 12.1 Å². The molecule has 0 amide bonds. The van der Waals surface area contributed by atoms with Gasteiger partial charge in [-0.05, 0) is 45.1 Å². The van der Waals surface area contributed by atoms with Crippen LogP contribution in [0.3, 0.4) is 0 Å². The summed E-state index contributed by atoms with van der Waals surface area (Å²) in [7, 11) is 0. The molecule has 0 radical (unpaired) electrons. The molecular formula is C14H29N. The van der Waals surface area contributed by atoms with Crippen molar-refractivity contribution in [1.82, 2.24) is 4.90 Å². The highest BCUT2D eigenvalue weighted by Crippen LogP contribution is 2.32. The third-order valence-corrected chi connectivity index (χ3v) is 3.87. The molecule has 0 spiro atoms. The molecule has 0 atom stereocenters. The summed E-state index contributed by atoms with van der Waals surface area (Å²) in [4.78, 5) is 2.71. The van der Waals surface area contributed by atoms with Gasteiger partial charge < -0.3 is 0 Å². The van der Waals surface area contributed by atoms with Crippen LogP contribution in [-0.2, 0) is 0 Å². The van der Waals surface area contributed by atoms with Crippen molar-refractivity contribution in [3.05, 3.63) is 0 Å². The SMILES string of the molecule is CCCC(C)(C)CN1CCCCC1(C)C. The van der Waals surface area contributed by atoms with Gasteiger partial charge in [0.25, 0.3) is 0 Å². The van der Waals surface area contributed by atoms with Crippen molar-refractivity contribution < 1.29 is 0 Å². The van der Waals surface area contributed by atoms with Crippen molar-refractivity contribution >= 4 is 0 Å². The lowest BCUT2D eigenvalue weighted by Gasteiger charge is -2.46. The highest BCUT2D eigenvalue weighted by molar-refractivity contribution is 4.88. The maximum Gasteiger partial charge on any atom is 0.0153 e. The lowest BCUT2D eigenvalue weighted by molar-refractivity contribution is 0.0371. The molecule has 1 aliphatic rings. The average Bonchev–Trinajstić information content (AvgIpc) is 2.08. The van der Waals surface area contributed by atoms with Gasteiger partial charge in [0.05, 0.1) is 0 Å². The molecule has 1 nitrogen and oxygen atoms in total. The number of nitrogens with zero attached hydrogens (tertiary/aromatic N) is 1. The molecular weight excluding hydrogens is 182 g/mol. The van der Waals surface area contributed by atoms with Crippen LogP contribution in [0.4, 0.5) is 0 Å². The summed E-state index contributed by atoms with van der Waals surface area (Å²) in [5.74, 6) is 0. The van der Waals surface area contributed by atoms with Crippen LogP contribution in [0.15, 0.2) is 0 Å². The zero-order chi connectivity index (χ0) is 11.5. The van der Waals surface area contributed by atoms with Gasteiger partial charge in [-0.3, -0.25) is 4.90 Å². The molecule has 0 aliphatic carbocycles. The van der Waals surface area contributed by atoms with Crippen LogP contribution in [0.25, 0.3) is 0 Å². The van der Waals surface area contributed by atoms with Crippen LogP contribution in [0.2, 0.25) is 0 Å². The summed E-state index contributed by atoms with van der Waals surface area (Å²) in [6.07, 6.45) is 6.83. The zero-order valence-electron chi connectivity index (χ0n) is 11.4. The number of hydrogen-bond acceptors (Lipinski definition) is 1. The van der Waals surface area contributed by atoms with Crippen LogP contribution in [0.1, 0.15) is 66.7 Å². The van der Waals surface area contributed by atoms with E-state index in [2.05, 4.69) is 39.5 Å². The van der Waals surface area contributed by atoms with Gasteiger partial charge in [-0.15, -0.1) is 0 Å². The number of likely N-dealkylation sites (tertiary alicyclic amines) is 1. The first-order valence-electron chi connectivity index (χ1n) is 6.62. The van der Waals surface area contributed by atoms with E-state index in [-0.39, 0.29) is 0 Å². The second-order valence-electron chi connectivity index (χ2n) is 6.61. The largest absolute Gasteiger partial charge is 0.298 e. The van der Waals surface area contributed by atoms with Crippen LogP contribution < -0.4 is 0 Å². The highest BCUT2D eigenvalue weighted by Gasteiger charge is 2.33. The van der Waals surface area contributed by atoms with E-state index < -0.39 is 0 Å². The van der Waals surface area contributed by atoms with Crippen LogP contribution in [0, 0.1) is 5.41 Å². The van der Waals surface area contributed by atoms with Gasteiger partial charge >= 0.3 is 0 Å². The van der Waals surface area contributed by atoms with Gasteiger partial charge in [-0.25, -0.2) is 0 Å². The molecule has 90 valence electrons. The first kappa shape index (κ1) is 13.0. The summed E-state index contributed by atoms with van der Waals surface area (Å²) < 4.78 is 0. The number of hydrogen-bond donors (Lipinski definition) is 0. The summed E-state index contributed by atoms with van der Waals surface area (Å²) in [6.45, 7) is 14.5. The van der Waals surface area contributed by atoms with Crippen LogP contribution in [-0.4, -0.2) is 23.5 Å². The lowest BCUT2D eigenvalue weighted by Crippen LogP contribution is -2.50. The Kier molecular flexibility index (Phi) is 4.22. The Bertz CT molecular complexity index is 194. The van der Waals surface area contributed by atoms with E-state index >= 15 is 0 Å². The number of rotatable bonds is 4. The summed E-state index contributed by atoms with van der Waals surface area (Å²) in [6, 6.07) is 0. The minimum Gasteiger partial charge on any atom is -0.298 e. The summed E-state index contributed by atoms with van der Waals surface area (Å²) >= 11 is 0. The first-order valence-corrected chi connectivity index (χ1v) is 6.62. The van der Waals surface area contributed by atoms with Gasteiger partial charge in [0.1, 0.15) is 0 Å². The molecule has 0 saturated carbocycles. The smallest absolute Gasteiger partial charge is 0.0153 e. The predicted molar refractivity (Wildman–Crippen MR) is 68.2 cm³/mol. The molecule has 1 rings (SSSR count). The van der Waals surface area contributed by atoms with Crippen molar-refractivity contribution in [2.75, 3.05) is 13.1 Å². The normalized spacial score (nSPS) is 23.0. The standard InChI is InChI=1S/C14H29N/c1-6-9-13(2,3)12-15-11-8-7-10-14(15,4)5/h6-12H2,1-5H3. The van der Waals surface area contributed by atoms with Crippen molar-refractivity contribution in [2.45, 2.75) is 72.3 Å². The summed E-state index contributed by atoms with van der Waals surface area (Å²) in [5.41, 5.74) is 0.923. The van der Waals surface area contributed by atoms with Gasteiger partial charge in [-0.2, -0.15) is 0 Å². The Labute approximate surface area is 96.2 Å². The lowest BCUT2D eigenvalue weighted by atomic mass is 9.83. The molecule has 0 aromatic heterocycles. The van der Waals surface area contributed by atoms with Crippen LogP contribution >= 0.6 is 0 Å². The average molecular weight is 211 g/mol. The van der Waals surface area contributed by atoms with E-state index in [9.17, 15) is 0 Å². The third kappa shape index (κ3) is 3.79. The Balaban J connectivity index is 2.55. The molecule has 1 heterocycles. The van der Waals surface area contributed by atoms with Crippen molar-refractivity contribution in [2.24, 2.45) is 5.41 Å². The van der Waals surface area contributed by atoms with E-state index in [0.717, 1.165) is 0 Å². The van der Waals surface area contributed by atoms with E-state index in [0.29, 0.717) is 11.0 Å². The molecule has 1 aliphatic heterocycles. The van der Waals surface area contributed by atoms with Crippen LogP contribution in [0.5, 0.6) is 0 Å². The fourth-order valence-electron chi connectivity index (χ4n) is 2.89. The van der Waals surface area contributed by atoms with Crippen molar-refractivity contribution in [3.8, 4) is 0 Å². The fraction of sp³-hybridized carbons (Fsp3) is 1.00. The monoisotopic (exact) mass is 211 g/mol. The molecule has 1 heteroatoms. The Morgan fingerprint density at radius 3 is 2.40 bits per heavy atom. The molecule has 15 heavy (non-hydrogen) atoms. The minimum atomic E-state index is 0.434. The Morgan fingerprint density at radius 1 is 1.20 bits per heavy atom. The highest BCUT2D eigenvalue weighted by atomic mass is 15.2. The Hall–Kier alpha value is -0.0400. The minimum absolute atomic E-state index is 0.434. The molecule has 0 unspecified atom stereocenters. The van der Waals surface area contributed by atoms with E-state index in [1.807, 2.05) is 0 Å².